The summed E-state index contributed by atoms with van der Waals surface area (Å²) in [5.41, 5.74) is 1.36. The minimum Gasteiger partial charge on any atom is -0.311 e. The minimum absolute atomic E-state index is 0.483. The molecule has 0 saturated heterocycles. The van der Waals surface area contributed by atoms with Crippen molar-refractivity contribution in [1.82, 2.24) is 0 Å². The molecule has 1 amide bonds. The van der Waals surface area contributed by atoms with Crippen LogP contribution in [0.25, 0.3) is 4.85 Å². The first-order valence-electron chi connectivity index (χ1n) is 3.23. The van der Waals surface area contributed by atoms with Crippen molar-refractivity contribution in [3.63, 3.8) is 0 Å². The maximum atomic E-state index is 10.9. The molecule has 0 aliphatic heterocycles. The van der Waals surface area contributed by atoms with Gasteiger partial charge in [-0.2, -0.15) is 4.85 Å². The van der Waals surface area contributed by atoms with Gasteiger partial charge in [-0.15, -0.1) is 0 Å². The van der Waals surface area contributed by atoms with E-state index in [1.165, 1.54) is 0 Å². The summed E-state index contributed by atoms with van der Waals surface area (Å²) in [6.07, 6.45) is 0. The van der Waals surface area contributed by atoms with Crippen molar-refractivity contribution >= 4 is 5.91 Å². The zero-order valence-electron chi connectivity index (χ0n) is 6.16. The molecule has 0 aromatic heterocycles. The van der Waals surface area contributed by atoms with Gasteiger partial charge in [0.1, 0.15) is 0 Å². The summed E-state index contributed by atoms with van der Waals surface area (Å²) in [5.74, 6) is -0.483. The van der Waals surface area contributed by atoms with Gasteiger partial charge in [-0.3, -0.25) is 0 Å². The van der Waals surface area contributed by atoms with Crippen LogP contribution in [0.5, 0.6) is 0 Å². The van der Waals surface area contributed by atoms with Gasteiger partial charge in [0.25, 0.3) is 0 Å². The molecule has 0 fully saturated rings. The van der Waals surface area contributed by atoms with Crippen LogP contribution < -0.4 is 0 Å². The van der Waals surface area contributed by atoms with Gasteiger partial charge in [0.2, 0.25) is 0 Å². The van der Waals surface area contributed by atoms with Crippen LogP contribution in [0.2, 0.25) is 0 Å². The van der Waals surface area contributed by atoms with Crippen molar-refractivity contribution in [3.05, 3.63) is 46.8 Å². The van der Waals surface area contributed by atoms with Gasteiger partial charge in [0.15, 0.2) is 0 Å². The third-order valence-corrected chi connectivity index (χ3v) is 1.48. The van der Waals surface area contributed by atoms with Crippen LogP contribution in [0, 0.1) is 13.5 Å². The molecule has 2 nitrogen and oxygen atoms in total. The van der Waals surface area contributed by atoms with Gasteiger partial charge in [-0.25, -0.2) is 0 Å². The van der Waals surface area contributed by atoms with Crippen LogP contribution in [0.4, 0.5) is 0 Å². The molecule has 0 saturated carbocycles. The second kappa shape index (κ2) is 2.98. The molecule has 0 aliphatic carbocycles. The Balaban J connectivity index is 3.16. The number of amides is 1. The monoisotopic (exact) mass is 145 g/mol. The number of benzene rings is 1. The zero-order valence-corrected chi connectivity index (χ0v) is 6.16. The van der Waals surface area contributed by atoms with Gasteiger partial charge >= 0.3 is 5.91 Å². The van der Waals surface area contributed by atoms with E-state index >= 15 is 0 Å². The van der Waals surface area contributed by atoms with Crippen molar-refractivity contribution < 1.29 is 4.79 Å². The van der Waals surface area contributed by atoms with E-state index in [1.54, 1.807) is 12.1 Å². The molecule has 0 unspecified atom stereocenters. The van der Waals surface area contributed by atoms with Crippen molar-refractivity contribution in [1.29, 1.82) is 0 Å². The molecule has 1 rings (SSSR count). The molecule has 0 N–H and O–H groups in total. The first kappa shape index (κ1) is 7.49. The third kappa shape index (κ3) is 1.44. The van der Waals surface area contributed by atoms with E-state index in [0.717, 1.165) is 5.56 Å². The highest BCUT2D eigenvalue weighted by atomic mass is 16.1. The lowest BCUT2D eigenvalue weighted by Crippen LogP contribution is -1.94. The highest BCUT2D eigenvalue weighted by Crippen LogP contribution is 2.07. The molecule has 0 heterocycles. The van der Waals surface area contributed by atoms with Crippen molar-refractivity contribution in [2.45, 2.75) is 6.92 Å². The Morgan fingerprint density at radius 1 is 1.45 bits per heavy atom. The van der Waals surface area contributed by atoms with Crippen LogP contribution in [-0.2, 0) is 0 Å². The fourth-order valence-electron chi connectivity index (χ4n) is 0.873. The molecule has 54 valence electrons. The molecule has 11 heavy (non-hydrogen) atoms. The Morgan fingerprint density at radius 2 is 2.09 bits per heavy atom. The average molecular weight is 145 g/mol. The summed E-state index contributed by atoms with van der Waals surface area (Å²) >= 11 is 0. The summed E-state index contributed by atoms with van der Waals surface area (Å²) in [5, 5.41) is 0. The fourth-order valence-corrected chi connectivity index (χ4v) is 0.873. The minimum atomic E-state index is -0.483. The van der Waals surface area contributed by atoms with E-state index in [4.69, 9.17) is 6.57 Å². The largest absolute Gasteiger partial charge is 0.386 e. The Morgan fingerprint density at radius 3 is 2.64 bits per heavy atom. The molecular weight excluding hydrogens is 138 g/mol. The van der Waals surface area contributed by atoms with E-state index in [9.17, 15) is 4.79 Å². The Kier molecular flexibility index (Phi) is 2.03. The number of carbonyl (C=O) groups is 1. The van der Waals surface area contributed by atoms with Crippen LogP contribution in [0.1, 0.15) is 15.9 Å². The second-order valence-electron chi connectivity index (χ2n) is 2.23. The first-order valence-corrected chi connectivity index (χ1v) is 3.23. The molecule has 0 atom stereocenters. The highest BCUT2D eigenvalue weighted by molar-refractivity contribution is 6.02. The van der Waals surface area contributed by atoms with E-state index in [2.05, 4.69) is 4.85 Å². The number of rotatable bonds is 1. The number of aryl methyl sites for hydroxylation is 1. The molecule has 0 bridgehead atoms. The van der Waals surface area contributed by atoms with Crippen LogP contribution >= 0.6 is 0 Å². The number of nitrogens with zero attached hydrogens (tertiary/aromatic N) is 1. The van der Waals surface area contributed by atoms with E-state index in [0.29, 0.717) is 5.56 Å². The number of carbonyl (C=O) groups excluding carboxylic acids is 1. The van der Waals surface area contributed by atoms with E-state index in [-0.39, 0.29) is 0 Å². The Hall–Kier alpha value is -1.62. The highest BCUT2D eigenvalue weighted by Gasteiger charge is 2.05. The quantitative estimate of drug-likeness (QED) is 0.554. The first-order chi connectivity index (χ1) is 5.25. The molecular formula is C9H7NO. The normalized spacial score (nSPS) is 8.73. The SMILES string of the molecule is [C-]#[N+]C(=O)c1ccccc1C. The van der Waals surface area contributed by atoms with Gasteiger partial charge in [-0.05, 0) is 6.92 Å². The van der Waals surface area contributed by atoms with Gasteiger partial charge < -0.3 is 4.79 Å². The lowest BCUT2D eigenvalue weighted by atomic mass is 10.1. The maximum Gasteiger partial charge on any atom is 0.386 e. The lowest BCUT2D eigenvalue weighted by Gasteiger charge is -1.96. The molecule has 0 radical (unpaired) electrons. The van der Waals surface area contributed by atoms with E-state index < -0.39 is 5.91 Å². The van der Waals surface area contributed by atoms with E-state index in [1.807, 2.05) is 19.1 Å². The predicted molar refractivity (Wildman–Crippen MR) is 42.1 cm³/mol. The number of hydrogen-bond donors (Lipinski definition) is 0. The van der Waals surface area contributed by atoms with Crippen molar-refractivity contribution in [2.75, 3.05) is 0 Å². The summed E-state index contributed by atoms with van der Waals surface area (Å²) in [6.45, 7) is 8.34. The second-order valence-corrected chi connectivity index (χ2v) is 2.23. The van der Waals surface area contributed by atoms with Gasteiger partial charge in [-0.1, -0.05) is 29.8 Å². The van der Waals surface area contributed by atoms with Gasteiger partial charge in [0, 0.05) is 5.56 Å². The van der Waals surface area contributed by atoms with Gasteiger partial charge in [0.05, 0.1) is 6.57 Å². The van der Waals surface area contributed by atoms with Crippen molar-refractivity contribution in [3.8, 4) is 0 Å². The summed E-state index contributed by atoms with van der Waals surface area (Å²) in [4.78, 5) is 13.7. The average Bonchev–Trinajstić information content (AvgIpc) is 2.04. The zero-order chi connectivity index (χ0) is 8.27. The predicted octanol–water partition coefficient (Wildman–Crippen LogP) is 2.05. The summed E-state index contributed by atoms with van der Waals surface area (Å²) < 4.78 is 0. The number of hydrogen-bond acceptors (Lipinski definition) is 1. The van der Waals surface area contributed by atoms with Crippen LogP contribution in [0.15, 0.2) is 24.3 Å². The Labute approximate surface area is 65.3 Å². The molecule has 0 spiro atoms. The van der Waals surface area contributed by atoms with Crippen LogP contribution in [0.3, 0.4) is 0 Å². The Bertz CT molecular complexity index is 323. The smallest absolute Gasteiger partial charge is 0.311 e. The molecule has 0 aliphatic rings. The molecule has 1 aromatic rings. The fraction of sp³-hybridized carbons (Fsp3) is 0.111. The summed E-state index contributed by atoms with van der Waals surface area (Å²) in [7, 11) is 0. The summed E-state index contributed by atoms with van der Waals surface area (Å²) in [6, 6.07) is 7.08. The molecule has 2 heteroatoms. The topological polar surface area (TPSA) is 21.4 Å². The molecule has 1 aromatic carbocycles. The third-order valence-electron chi connectivity index (χ3n) is 1.48. The van der Waals surface area contributed by atoms with Crippen molar-refractivity contribution in [2.24, 2.45) is 0 Å². The van der Waals surface area contributed by atoms with Crippen LogP contribution in [-0.4, -0.2) is 5.91 Å². The maximum absolute atomic E-state index is 10.9. The lowest BCUT2D eigenvalue weighted by molar-refractivity contribution is 0.104. The standard InChI is InChI=1S/C9H7NO/c1-7-5-3-4-6-8(7)9(11)10-2/h3-6H,1H3.